The first kappa shape index (κ1) is 54.8. The Kier molecular flexibility index (Phi) is 16.8. The van der Waals surface area contributed by atoms with Crippen LogP contribution in [0.1, 0.15) is 107 Å². The number of methoxy groups -OCH3 is 1. The number of ether oxygens (including phenoxy) is 7. The average Bonchev–Trinajstić information content (AvgIpc) is 3.76. The van der Waals surface area contributed by atoms with Crippen molar-refractivity contribution < 1.29 is 55.7 Å². The van der Waals surface area contributed by atoms with E-state index in [1.807, 2.05) is 19.9 Å². The van der Waals surface area contributed by atoms with Gasteiger partial charge in [-0.1, -0.05) is 101 Å². The predicted molar refractivity (Wildman–Crippen MR) is 259 cm³/mol. The van der Waals surface area contributed by atoms with Crippen molar-refractivity contribution in [2.45, 2.75) is 237 Å². The fourth-order valence-corrected chi connectivity index (χ4v) is 11.7. The van der Waals surface area contributed by atoms with E-state index in [1.54, 1.807) is 24.3 Å². The molecule has 3 saturated heterocycles. The van der Waals surface area contributed by atoms with E-state index in [1.165, 1.54) is 7.11 Å². The molecule has 0 saturated carbocycles. The maximum absolute atomic E-state index is 13.9. The molecule has 0 amide bonds. The summed E-state index contributed by atoms with van der Waals surface area (Å²) in [5.74, 6) is -1.41. The first-order valence-electron chi connectivity index (χ1n) is 23.1. The highest BCUT2D eigenvalue weighted by molar-refractivity contribution is 6.75. The van der Waals surface area contributed by atoms with Gasteiger partial charge < -0.3 is 50.9 Å². The van der Waals surface area contributed by atoms with E-state index in [2.05, 4.69) is 135 Å². The normalized spacial score (nSPS) is 29.6. The second kappa shape index (κ2) is 19.3. The molecule has 3 aliphatic heterocycles. The predicted octanol–water partition coefficient (Wildman–Crippen LogP) is 11.0. The quantitative estimate of drug-likeness (QED) is 0.116. The Balaban J connectivity index is 1.95. The minimum atomic E-state index is -2.58. The SMILES string of the molecule is CO[C@@H]1O[C@@H]([C@H]2COC(C)(C)O2)[C@H](O[C@@H]2O[C@@H]([C@@H](CO[Si](C)(C)C(C)(C)C)O[Si](C)(C)C(C)(C)C)[C@H](O[Si](C)(C)C(C)(C)C)[C@H]2O[Si](C)(C)C(C)(C)C)[C@H]1OC(=O)c1ccccc1. The highest BCUT2D eigenvalue weighted by Gasteiger charge is 2.61. The summed E-state index contributed by atoms with van der Waals surface area (Å²) in [6.45, 7) is 49.3. The second-order valence-electron chi connectivity index (χ2n) is 24.6. The van der Waals surface area contributed by atoms with Crippen LogP contribution in [0.5, 0.6) is 0 Å². The van der Waals surface area contributed by atoms with Gasteiger partial charge in [0.1, 0.15) is 36.6 Å². The molecule has 16 heteroatoms. The van der Waals surface area contributed by atoms with Crippen LogP contribution in [0, 0.1) is 0 Å². The highest BCUT2D eigenvalue weighted by Crippen LogP contribution is 2.48. The molecule has 0 bridgehead atoms. The summed E-state index contributed by atoms with van der Waals surface area (Å²) in [7, 11) is -8.34. The Morgan fingerprint density at radius 2 is 1.19 bits per heavy atom. The molecule has 0 unspecified atom stereocenters. The van der Waals surface area contributed by atoms with E-state index in [0.717, 1.165) is 0 Å². The fraction of sp³-hybridized carbons (Fsp3) is 0.851. The van der Waals surface area contributed by atoms with Gasteiger partial charge in [-0.3, -0.25) is 0 Å². The summed E-state index contributed by atoms with van der Waals surface area (Å²) in [5, 5.41) is -0.469. The van der Waals surface area contributed by atoms with Gasteiger partial charge >= 0.3 is 5.97 Å². The lowest BCUT2D eigenvalue weighted by Crippen LogP contribution is -2.58. The highest BCUT2D eigenvalue weighted by atomic mass is 28.4. The van der Waals surface area contributed by atoms with Gasteiger partial charge in [0, 0.05) is 7.11 Å². The first-order chi connectivity index (χ1) is 28.3. The van der Waals surface area contributed by atoms with E-state index >= 15 is 0 Å². The fourth-order valence-electron chi connectivity index (χ4n) is 6.83. The summed E-state index contributed by atoms with van der Waals surface area (Å²) < 4.78 is 75.8. The summed E-state index contributed by atoms with van der Waals surface area (Å²) in [6.07, 6.45) is -7.82. The molecule has 0 N–H and O–H groups in total. The van der Waals surface area contributed by atoms with Gasteiger partial charge in [-0.05, 0) is 98.5 Å². The van der Waals surface area contributed by atoms with Crippen LogP contribution in [-0.2, 0) is 50.9 Å². The lowest BCUT2D eigenvalue weighted by atomic mass is 10.0. The van der Waals surface area contributed by atoms with Gasteiger partial charge in [0.15, 0.2) is 57.7 Å². The van der Waals surface area contributed by atoms with Crippen molar-refractivity contribution in [2.24, 2.45) is 0 Å². The lowest BCUT2D eigenvalue weighted by Gasteiger charge is -2.46. The van der Waals surface area contributed by atoms with Crippen LogP contribution in [0.25, 0.3) is 0 Å². The molecule has 0 radical (unpaired) electrons. The molecule has 10 atom stereocenters. The van der Waals surface area contributed by atoms with Crippen LogP contribution in [-0.4, -0.2) is 127 Å². The topological polar surface area (TPSA) is 119 Å². The van der Waals surface area contributed by atoms with Gasteiger partial charge in [-0.2, -0.15) is 0 Å². The zero-order valence-corrected chi connectivity index (χ0v) is 47.5. The van der Waals surface area contributed by atoms with Crippen molar-refractivity contribution in [1.29, 1.82) is 0 Å². The van der Waals surface area contributed by atoms with Crippen LogP contribution in [0.3, 0.4) is 0 Å². The third-order valence-electron chi connectivity index (χ3n) is 15.1. The molecule has 12 nitrogen and oxygen atoms in total. The Morgan fingerprint density at radius 1 is 0.683 bits per heavy atom. The monoisotopic (exact) mass is 957 g/mol. The minimum Gasteiger partial charge on any atom is -0.450 e. The Bertz CT molecular complexity index is 1660. The van der Waals surface area contributed by atoms with Crippen LogP contribution in [0.4, 0.5) is 0 Å². The van der Waals surface area contributed by atoms with E-state index in [0.29, 0.717) is 12.2 Å². The zero-order valence-electron chi connectivity index (χ0n) is 43.5. The van der Waals surface area contributed by atoms with E-state index in [4.69, 9.17) is 50.9 Å². The molecule has 3 heterocycles. The van der Waals surface area contributed by atoms with Crippen molar-refractivity contribution >= 4 is 39.2 Å². The number of esters is 1. The van der Waals surface area contributed by atoms with Crippen LogP contribution in [0.15, 0.2) is 30.3 Å². The van der Waals surface area contributed by atoms with Gasteiger partial charge in [0.05, 0.1) is 24.9 Å². The molecule has 63 heavy (non-hydrogen) atoms. The molecule has 3 aliphatic rings. The Morgan fingerprint density at radius 3 is 1.65 bits per heavy atom. The summed E-state index contributed by atoms with van der Waals surface area (Å²) >= 11 is 0. The summed E-state index contributed by atoms with van der Waals surface area (Å²) in [4.78, 5) is 13.9. The Hall–Kier alpha value is -0.842. The van der Waals surface area contributed by atoms with Crippen molar-refractivity contribution in [3.05, 3.63) is 35.9 Å². The van der Waals surface area contributed by atoms with Crippen LogP contribution >= 0.6 is 0 Å². The maximum atomic E-state index is 13.9. The molecule has 364 valence electrons. The molecular formula is C47H88O12Si4. The smallest absolute Gasteiger partial charge is 0.338 e. The summed E-state index contributed by atoms with van der Waals surface area (Å²) in [6, 6.07) is 8.89. The van der Waals surface area contributed by atoms with E-state index < -0.39 is 106 Å². The third-order valence-corrected chi connectivity index (χ3v) is 33.0. The largest absolute Gasteiger partial charge is 0.450 e. The van der Waals surface area contributed by atoms with Gasteiger partial charge in [0.2, 0.25) is 0 Å². The van der Waals surface area contributed by atoms with Gasteiger partial charge in [0.25, 0.3) is 0 Å². The first-order valence-corrected chi connectivity index (χ1v) is 34.7. The third kappa shape index (κ3) is 12.8. The summed E-state index contributed by atoms with van der Waals surface area (Å²) in [5.41, 5.74) is 0.391. The molecule has 1 aromatic rings. The van der Waals surface area contributed by atoms with Gasteiger partial charge in [-0.15, -0.1) is 0 Å². The average molecular weight is 958 g/mol. The van der Waals surface area contributed by atoms with Gasteiger partial charge in [-0.25, -0.2) is 4.79 Å². The van der Waals surface area contributed by atoms with Crippen LogP contribution < -0.4 is 0 Å². The molecule has 3 fully saturated rings. The maximum Gasteiger partial charge on any atom is 0.338 e. The molecule has 4 rings (SSSR count). The number of rotatable bonds is 16. The minimum absolute atomic E-state index is 0.0378. The molecule has 1 aromatic carbocycles. The number of carbonyl (C=O) groups is 1. The Labute approximate surface area is 386 Å². The molecule has 0 spiro atoms. The molecule has 0 aromatic heterocycles. The van der Waals surface area contributed by atoms with Crippen LogP contribution in [0.2, 0.25) is 72.5 Å². The lowest BCUT2D eigenvalue weighted by molar-refractivity contribution is -0.227. The van der Waals surface area contributed by atoms with Crippen molar-refractivity contribution in [3.8, 4) is 0 Å². The van der Waals surface area contributed by atoms with E-state index in [-0.39, 0.29) is 26.8 Å². The number of hydrogen-bond acceptors (Lipinski definition) is 12. The van der Waals surface area contributed by atoms with Crippen molar-refractivity contribution in [3.63, 3.8) is 0 Å². The van der Waals surface area contributed by atoms with Crippen molar-refractivity contribution in [2.75, 3.05) is 20.3 Å². The molecule has 0 aliphatic carbocycles. The number of carbonyl (C=O) groups excluding carboxylic acids is 1. The number of hydrogen-bond donors (Lipinski definition) is 0. The van der Waals surface area contributed by atoms with Crippen molar-refractivity contribution in [1.82, 2.24) is 0 Å². The standard InChI is InChI=1S/C47H88O12Si4/c1-43(2,3)60(16,17)51-30-33(57-61(18,19)44(4,5)6)35-37(58-62(20,21)45(7,8)9)39(59-63(22,23)46(10,11)12)42(54-35)55-36-34(32-29-50-47(13,14)56-32)53-41(49-15)38(36)52-40(48)31-27-25-24-26-28-31/h24-28,32-39,41-42H,29-30H2,1-23H3/t32-,33-,34+,35+,36+,37+,38-,39-,41-,42+/m1/s1. The molecular weight excluding hydrogens is 869 g/mol. The number of benzene rings is 1. The van der Waals surface area contributed by atoms with E-state index in [9.17, 15) is 4.79 Å². The zero-order chi connectivity index (χ0) is 48.2. The second-order valence-corrected chi connectivity index (χ2v) is 43.6.